The van der Waals surface area contributed by atoms with Gasteiger partial charge in [0, 0.05) is 4.88 Å². The van der Waals surface area contributed by atoms with Crippen molar-refractivity contribution in [1.82, 2.24) is 0 Å². The number of allylic oxidation sites excluding steroid dienone is 1. The molecule has 0 fully saturated rings. The second-order valence-corrected chi connectivity index (χ2v) is 5.91. The molecule has 0 bridgehead atoms. The maximum Gasteiger partial charge on any atom is 0.387 e. The molecule has 0 amide bonds. The van der Waals surface area contributed by atoms with Gasteiger partial charge in [-0.3, -0.25) is 4.79 Å². The number of halogens is 2. The molecule has 0 saturated carbocycles. The Morgan fingerprint density at radius 3 is 2.65 bits per heavy atom. The summed E-state index contributed by atoms with van der Waals surface area (Å²) >= 11 is 1.42. The van der Waals surface area contributed by atoms with Crippen molar-refractivity contribution in [2.45, 2.75) is 20.5 Å². The van der Waals surface area contributed by atoms with Crippen LogP contribution in [0.2, 0.25) is 0 Å². The minimum absolute atomic E-state index is 0.0285. The number of aryl methyl sites for hydroxylation is 1. The van der Waals surface area contributed by atoms with Gasteiger partial charge in [-0.2, -0.15) is 8.78 Å². The summed E-state index contributed by atoms with van der Waals surface area (Å²) in [6, 6.07) is 8.21. The van der Waals surface area contributed by atoms with Crippen LogP contribution in [0.3, 0.4) is 0 Å². The molecule has 0 saturated heterocycles. The van der Waals surface area contributed by atoms with Gasteiger partial charge in [0.2, 0.25) is 0 Å². The van der Waals surface area contributed by atoms with Gasteiger partial charge in [-0.15, -0.1) is 11.3 Å². The Bertz CT molecular complexity index is 708. The van der Waals surface area contributed by atoms with Crippen LogP contribution in [0.25, 0.3) is 6.08 Å². The van der Waals surface area contributed by atoms with Gasteiger partial charge in [-0.1, -0.05) is 12.1 Å². The lowest BCUT2D eigenvalue weighted by molar-refractivity contribution is -0.0514. The van der Waals surface area contributed by atoms with E-state index in [1.807, 2.05) is 13.0 Å². The summed E-state index contributed by atoms with van der Waals surface area (Å²) in [5, 5.41) is 0. The van der Waals surface area contributed by atoms with Gasteiger partial charge in [0.25, 0.3) is 0 Å². The fraction of sp³-hybridized carbons (Fsp3) is 0.235. The van der Waals surface area contributed by atoms with Crippen molar-refractivity contribution in [3.05, 3.63) is 51.7 Å². The van der Waals surface area contributed by atoms with Crippen LogP contribution in [0.4, 0.5) is 8.78 Å². The minimum Gasteiger partial charge on any atom is -0.490 e. The Balaban J connectivity index is 2.17. The minimum atomic E-state index is -2.92. The van der Waals surface area contributed by atoms with Crippen LogP contribution in [-0.2, 0) is 0 Å². The molecule has 1 aromatic carbocycles. The van der Waals surface area contributed by atoms with Gasteiger partial charge in [0.15, 0.2) is 17.3 Å². The third kappa shape index (κ3) is 4.89. The smallest absolute Gasteiger partial charge is 0.387 e. The van der Waals surface area contributed by atoms with Gasteiger partial charge in [0.1, 0.15) is 0 Å². The van der Waals surface area contributed by atoms with Crippen molar-refractivity contribution >= 4 is 23.2 Å². The van der Waals surface area contributed by atoms with Crippen molar-refractivity contribution < 1.29 is 23.0 Å². The van der Waals surface area contributed by atoms with E-state index in [-0.39, 0.29) is 17.3 Å². The number of ether oxygens (including phenoxy) is 2. The van der Waals surface area contributed by atoms with Gasteiger partial charge in [-0.25, -0.2) is 0 Å². The number of ketones is 1. The second-order valence-electron chi connectivity index (χ2n) is 4.63. The van der Waals surface area contributed by atoms with E-state index in [2.05, 4.69) is 4.74 Å². The maximum atomic E-state index is 12.3. The molecule has 0 N–H and O–H groups in total. The Labute approximate surface area is 137 Å². The standard InChI is InChI=1S/C17H16F2O3S/c1-3-21-15-10-12(6-8-14(15)22-17(18)19)5-7-13(20)16-9-4-11(2)23-16/h4-10,17H,3H2,1-2H3/b7-5+. The Hall–Kier alpha value is -2.21. The van der Waals surface area contributed by atoms with E-state index in [1.165, 1.54) is 23.5 Å². The molecular formula is C17H16F2O3S. The average Bonchev–Trinajstić information content (AvgIpc) is 2.93. The topological polar surface area (TPSA) is 35.5 Å². The molecule has 6 heteroatoms. The first-order valence-electron chi connectivity index (χ1n) is 7.00. The Kier molecular flexibility index (Phi) is 5.87. The average molecular weight is 338 g/mol. The second kappa shape index (κ2) is 7.87. The predicted molar refractivity (Wildman–Crippen MR) is 86.7 cm³/mol. The molecule has 0 aliphatic heterocycles. The fourth-order valence-electron chi connectivity index (χ4n) is 1.91. The van der Waals surface area contributed by atoms with Gasteiger partial charge >= 0.3 is 6.61 Å². The third-order valence-corrected chi connectivity index (χ3v) is 3.91. The molecule has 0 unspecified atom stereocenters. The molecule has 3 nitrogen and oxygen atoms in total. The highest BCUT2D eigenvalue weighted by Gasteiger charge is 2.11. The number of alkyl halides is 2. The zero-order valence-electron chi connectivity index (χ0n) is 12.7. The lowest BCUT2D eigenvalue weighted by Gasteiger charge is -2.11. The van der Waals surface area contributed by atoms with Crippen molar-refractivity contribution in [3.63, 3.8) is 0 Å². The molecule has 0 aliphatic carbocycles. The lowest BCUT2D eigenvalue weighted by Crippen LogP contribution is -2.04. The van der Waals surface area contributed by atoms with E-state index in [0.717, 1.165) is 4.88 Å². The number of carbonyl (C=O) groups is 1. The summed E-state index contributed by atoms with van der Waals surface area (Å²) in [7, 11) is 0. The van der Waals surface area contributed by atoms with E-state index in [9.17, 15) is 13.6 Å². The number of thiophene rings is 1. The first-order valence-corrected chi connectivity index (χ1v) is 7.81. The van der Waals surface area contributed by atoms with Crippen molar-refractivity contribution in [2.75, 3.05) is 6.61 Å². The monoisotopic (exact) mass is 338 g/mol. The molecule has 122 valence electrons. The van der Waals surface area contributed by atoms with Gasteiger partial charge < -0.3 is 9.47 Å². The van der Waals surface area contributed by atoms with Crippen LogP contribution in [-0.4, -0.2) is 19.0 Å². The van der Waals surface area contributed by atoms with Crippen LogP contribution in [0, 0.1) is 6.92 Å². The molecule has 0 radical (unpaired) electrons. The zero-order valence-corrected chi connectivity index (χ0v) is 13.5. The number of hydrogen-bond donors (Lipinski definition) is 0. The first kappa shape index (κ1) is 17.1. The molecule has 1 aromatic heterocycles. The molecular weight excluding hydrogens is 322 g/mol. The fourth-order valence-corrected chi connectivity index (χ4v) is 2.70. The number of rotatable bonds is 7. The highest BCUT2D eigenvalue weighted by Crippen LogP contribution is 2.30. The summed E-state index contributed by atoms with van der Waals surface area (Å²) < 4.78 is 34.4. The van der Waals surface area contributed by atoms with E-state index in [0.29, 0.717) is 17.0 Å². The molecule has 1 heterocycles. The zero-order chi connectivity index (χ0) is 16.8. The molecule has 2 aromatic rings. The summed E-state index contributed by atoms with van der Waals surface area (Å²) in [4.78, 5) is 13.7. The summed E-state index contributed by atoms with van der Waals surface area (Å²) in [5.41, 5.74) is 0.664. The maximum absolute atomic E-state index is 12.3. The van der Waals surface area contributed by atoms with Crippen molar-refractivity contribution in [2.24, 2.45) is 0 Å². The predicted octanol–water partition coefficient (Wildman–Crippen LogP) is 4.95. The molecule has 0 spiro atoms. The normalized spacial score (nSPS) is 11.2. The molecule has 0 atom stereocenters. The van der Waals surface area contributed by atoms with Crippen molar-refractivity contribution in [1.29, 1.82) is 0 Å². The van der Waals surface area contributed by atoms with Crippen LogP contribution >= 0.6 is 11.3 Å². The number of benzene rings is 1. The summed E-state index contributed by atoms with van der Waals surface area (Å²) in [6.45, 7) is 1.08. The highest BCUT2D eigenvalue weighted by atomic mass is 32.1. The van der Waals surface area contributed by atoms with Crippen LogP contribution < -0.4 is 9.47 Å². The van der Waals surface area contributed by atoms with E-state index in [1.54, 1.807) is 31.2 Å². The van der Waals surface area contributed by atoms with Gasteiger partial charge in [0.05, 0.1) is 11.5 Å². The highest BCUT2D eigenvalue weighted by molar-refractivity contribution is 7.14. The SMILES string of the molecule is CCOc1cc(/C=C/C(=O)c2ccc(C)s2)ccc1OC(F)F. The van der Waals surface area contributed by atoms with Crippen LogP contribution in [0.1, 0.15) is 27.0 Å². The summed E-state index contributed by atoms with van der Waals surface area (Å²) in [5.74, 6) is 0.0857. The summed E-state index contributed by atoms with van der Waals surface area (Å²) in [6.07, 6.45) is 3.07. The van der Waals surface area contributed by atoms with E-state index in [4.69, 9.17) is 4.74 Å². The van der Waals surface area contributed by atoms with Crippen molar-refractivity contribution in [3.8, 4) is 11.5 Å². The third-order valence-electron chi connectivity index (χ3n) is 2.89. The molecule has 0 aliphatic rings. The van der Waals surface area contributed by atoms with E-state index >= 15 is 0 Å². The first-order chi connectivity index (χ1) is 11.0. The lowest BCUT2D eigenvalue weighted by atomic mass is 10.1. The van der Waals surface area contributed by atoms with Crippen LogP contribution in [0.15, 0.2) is 36.4 Å². The molecule has 23 heavy (non-hydrogen) atoms. The van der Waals surface area contributed by atoms with E-state index < -0.39 is 6.61 Å². The molecule has 2 rings (SSSR count). The Morgan fingerprint density at radius 2 is 2.04 bits per heavy atom. The van der Waals surface area contributed by atoms with Crippen LogP contribution in [0.5, 0.6) is 11.5 Å². The quantitative estimate of drug-likeness (QED) is 0.529. The number of hydrogen-bond acceptors (Lipinski definition) is 4. The largest absolute Gasteiger partial charge is 0.490 e. The van der Waals surface area contributed by atoms with Gasteiger partial charge in [-0.05, 0) is 49.8 Å². The number of carbonyl (C=O) groups excluding carboxylic acids is 1. The Morgan fingerprint density at radius 1 is 1.26 bits per heavy atom.